The Labute approximate surface area is 201 Å². The van der Waals surface area contributed by atoms with Crippen LogP contribution in [0.2, 0.25) is 0 Å². The molecule has 0 aliphatic heterocycles. The van der Waals surface area contributed by atoms with Crippen LogP contribution >= 0.6 is 0 Å². The van der Waals surface area contributed by atoms with E-state index in [9.17, 15) is 15.0 Å². The van der Waals surface area contributed by atoms with E-state index in [2.05, 4.69) is 48.1 Å². The van der Waals surface area contributed by atoms with Crippen molar-refractivity contribution in [1.82, 2.24) is 0 Å². The fourth-order valence-corrected chi connectivity index (χ4v) is 11.5. The molecular formula is C30H48O3. The zero-order valence-corrected chi connectivity index (χ0v) is 22.0. The molecule has 3 nitrogen and oxygen atoms in total. The number of hydrogen-bond donors (Lipinski definition) is 2. The minimum atomic E-state index is -0.538. The highest BCUT2D eigenvalue weighted by atomic mass is 16.4. The monoisotopic (exact) mass is 456 g/mol. The highest BCUT2D eigenvalue weighted by Crippen LogP contribution is 2.77. The topological polar surface area (TPSA) is 57.5 Å². The van der Waals surface area contributed by atoms with E-state index in [-0.39, 0.29) is 33.7 Å². The minimum absolute atomic E-state index is 0.0202. The largest absolute Gasteiger partial charge is 0.481 e. The summed E-state index contributed by atoms with van der Waals surface area (Å²) >= 11 is 0. The summed E-state index contributed by atoms with van der Waals surface area (Å²) in [7, 11) is 0. The fraction of sp³-hybridized carbons (Fsp3) is 0.900. The molecule has 0 saturated heterocycles. The number of carboxylic acid groups (broad SMARTS) is 1. The van der Waals surface area contributed by atoms with Crippen LogP contribution < -0.4 is 0 Å². The van der Waals surface area contributed by atoms with Gasteiger partial charge in [0.2, 0.25) is 0 Å². The maximum Gasteiger partial charge on any atom is 0.309 e. The average molecular weight is 457 g/mol. The molecule has 5 aliphatic rings. The molecule has 0 amide bonds. The zero-order valence-electron chi connectivity index (χ0n) is 22.0. The number of rotatable bonds is 2. The first kappa shape index (κ1) is 23.9. The summed E-state index contributed by atoms with van der Waals surface area (Å²) in [6, 6.07) is 0. The number of aliphatic hydroxyl groups excluding tert-OH is 1. The van der Waals surface area contributed by atoms with Crippen LogP contribution in [0.1, 0.15) is 106 Å². The van der Waals surface area contributed by atoms with Gasteiger partial charge in [-0.05, 0) is 122 Å². The second-order valence-corrected chi connectivity index (χ2v) is 14.5. The molecule has 0 aromatic carbocycles. The lowest BCUT2D eigenvalue weighted by Crippen LogP contribution is -2.67. The van der Waals surface area contributed by atoms with E-state index in [1.165, 1.54) is 31.3 Å². The van der Waals surface area contributed by atoms with Crippen molar-refractivity contribution in [3.63, 3.8) is 0 Å². The Morgan fingerprint density at radius 3 is 2.15 bits per heavy atom. The van der Waals surface area contributed by atoms with Crippen molar-refractivity contribution in [1.29, 1.82) is 0 Å². The molecule has 0 spiro atoms. The molecule has 3 heteroatoms. The van der Waals surface area contributed by atoms with Gasteiger partial charge in [0.25, 0.3) is 0 Å². The molecule has 33 heavy (non-hydrogen) atoms. The molecule has 0 aromatic rings. The predicted octanol–water partition coefficient (Wildman–Crippen LogP) is 7.09. The van der Waals surface area contributed by atoms with E-state index < -0.39 is 11.4 Å². The summed E-state index contributed by atoms with van der Waals surface area (Å²) < 4.78 is 0. The van der Waals surface area contributed by atoms with Crippen molar-refractivity contribution in [2.75, 3.05) is 0 Å². The lowest BCUT2D eigenvalue weighted by Gasteiger charge is -2.72. The van der Waals surface area contributed by atoms with Gasteiger partial charge in [-0.15, -0.1) is 0 Å². The Morgan fingerprint density at radius 2 is 1.52 bits per heavy atom. The molecule has 5 fully saturated rings. The Kier molecular flexibility index (Phi) is 5.15. The van der Waals surface area contributed by atoms with Crippen molar-refractivity contribution >= 4 is 5.97 Å². The van der Waals surface area contributed by atoms with E-state index in [0.29, 0.717) is 23.7 Å². The summed E-state index contributed by atoms with van der Waals surface area (Å²) in [5.41, 5.74) is 1.35. The zero-order chi connectivity index (χ0) is 24.2. The molecule has 4 unspecified atom stereocenters. The van der Waals surface area contributed by atoms with Crippen LogP contribution in [0.15, 0.2) is 12.2 Å². The van der Waals surface area contributed by atoms with Gasteiger partial charge in [-0.25, -0.2) is 0 Å². The number of fused-ring (bicyclic) bond motifs is 7. The maximum absolute atomic E-state index is 12.8. The summed E-state index contributed by atoms with van der Waals surface area (Å²) in [4.78, 5) is 12.8. The van der Waals surface area contributed by atoms with Gasteiger partial charge in [0, 0.05) is 0 Å². The van der Waals surface area contributed by atoms with Crippen molar-refractivity contribution in [3.8, 4) is 0 Å². The first-order chi connectivity index (χ1) is 15.3. The van der Waals surface area contributed by atoms with E-state index in [1.54, 1.807) is 0 Å². The summed E-state index contributed by atoms with van der Waals surface area (Å²) in [5, 5.41) is 21.4. The molecule has 0 heterocycles. The molecular weight excluding hydrogens is 408 g/mol. The maximum atomic E-state index is 12.8. The molecule has 2 N–H and O–H groups in total. The van der Waals surface area contributed by atoms with Crippen LogP contribution in [-0.2, 0) is 4.79 Å². The Hall–Kier alpha value is -0.830. The first-order valence-electron chi connectivity index (χ1n) is 13.8. The van der Waals surface area contributed by atoms with E-state index in [0.717, 1.165) is 38.5 Å². The second kappa shape index (κ2) is 7.11. The van der Waals surface area contributed by atoms with Gasteiger partial charge in [-0.2, -0.15) is 0 Å². The van der Waals surface area contributed by atoms with E-state index in [4.69, 9.17) is 0 Å². The second-order valence-electron chi connectivity index (χ2n) is 14.5. The van der Waals surface area contributed by atoms with Gasteiger partial charge in [0.1, 0.15) is 0 Å². The molecule has 5 saturated carbocycles. The van der Waals surface area contributed by atoms with Gasteiger partial charge in [-0.3, -0.25) is 4.79 Å². The number of aliphatic carboxylic acids is 1. The third-order valence-electron chi connectivity index (χ3n) is 13.5. The number of allylic oxidation sites excluding steroid dienone is 1. The predicted molar refractivity (Wildman–Crippen MR) is 133 cm³/mol. The molecule has 0 bridgehead atoms. The standard InChI is InChI=1S/C30H48O3/c1-18(2)19-10-15-30(25(32)33)17-16-28(6)20(24(19)30)8-9-22-27(5)13-12-23(31)26(3,4)21(27)11-14-29(22,28)7/h19-24,31H,1,8-17H2,2-7H3,(H,32,33)/t19?,20-,21?,22?,23-,24?,27+,28-,29-,30+/m1/s1. The van der Waals surface area contributed by atoms with Crippen LogP contribution in [-0.4, -0.2) is 22.3 Å². The Morgan fingerprint density at radius 1 is 0.818 bits per heavy atom. The van der Waals surface area contributed by atoms with Crippen LogP contribution in [0.25, 0.3) is 0 Å². The van der Waals surface area contributed by atoms with Gasteiger partial charge in [0.05, 0.1) is 11.5 Å². The fourth-order valence-electron chi connectivity index (χ4n) is 11.5. The highest BCUT2D eigenvalue weighted by Gasteiger charge is 2.71. The number of aliphatic hydroxyl groups is 1. The van der Waals surface area contributed by atoms with Gasteiger partial charge in [0.15, 0.2) is 0 Å². The smallest absolute Gasteiger partial charge is 0.309 e. The van der Waals surface area contributed by atoms with Crippen LogP contribution in [0.4, 0.5) is 0 Å². The quantitative estimate of drug-likeness (QED) is 0.436. The Bertz CT molecular complexity index is 861. The summed E-state index contributed by atoms with van der Waals surface area (Å²) in [5.74, 6) is 1.79. The van der Waals surface area contributed by atoms with Crippen molar-refractivity contribution in [3.05, 3.63) is 12.2 Å². The van der Waals surface area contributed by atoms with E-state index >= 15 is 0 Å². The molecule has 186 valence electrons. The van der Waals surface area contributed by atoms with Crippen molar-refractivity contribution in [2.24, 2.45) is 56.7 Å². The minimum Gasteiger partial charge on any atom is -0.481 e. The normalized spacial score (nSPS) is 55.0. The highest BCUT2D eigenvalue weighted by molar-refractivity contribution is 5.76. The number of carboxylic acids is 1. The van der Waals surface area contributed by atoms with Gasteiger partial charge in [-0.1, -0.05) is 46.8 Å². The van der Waals surface area contributed by atoms with Gasteiger partial charge >= 0.3 is 5.97 Å². The third kappa shape index (κ3) is 2.75. The van der Waals surface area contributed by atoms with Crippen LogP contribution in [0.3, 0.4) is 0 Å². The SMILES string of the molecule is C=C(C)C1CC[C@]2(C(=O)O)CC[C@]3(C)[C@H](CCC4[C@@]5(C)CC[C@@H](O)C(C)(C)C5CC[C@]43C)C12. The van der Waals surface area contributed by atoms with Gasteiger partial charge < -0.3 is 10.2 Å². The number of carbonyl (C=O) groups is 1. The third-order valence-corrected chi connectivity index (χ3v) is 13.5. The average Bonchev–Trinajstić information content (AvgIpc) is 3.13. The van der Waals surface area contributed by atoms with E-state index in [1.807, 2.05) is 0 Å². The van der Waals surface area contributed by atoms with Crippen LogP contribution in [0.5, 0.6) is 0 Å². The van der Waals surface area contributed by atoms with Crippen LogP contribution in [0, 0.1) is 56.7 Å². The van der Waals surface area contributed by atoms with Crippen molar-refractivity contribution in [2.45, 2.75) is 112 Å². The van der Waals surface area contributed by atoms with Crippen molar-refractivity contribution < 1.29 is 15.0 Å². The summed E-state index contributed by atoms with van der Waals surface area (Å²) in [6.07, 6.45) is 10.5. The molecule has 5 aliphatic carbocycles. The Balaban J connectivity index is 1.57. The molecule has 0 radical (unpaired) electrons. The summed E-state index contributed by atoms with van der Waals surface area (Å²) in [6.45, 7) is 18.8. The molecule has 0 aromatic heterocycles. The lowest BCUT2D eigenvalue weighted by atomic mass is 9.32. The molecule has 10 atom stereocenters. The lowest BCUT2D eigenvalue weighted by molar-refractivity contribution is -0.248. The molecule has 5 rings (SSSR count). The first-order valence-corrected chi connectivity index (χ1v) is 13.8. The number of hydrogen-bond acceptors (Lipinski definition) is 2.